The van der Waals surface area contributed by atoms with Crippen LogP contribution < -0.4 is 5.32 Å². The van der Waals surface area contributed by atoms with Gasteiger partial charge in [-0.05, 0) is 25.3 Å². The van der Waals surface area contributed by atoms with Crippen LogP contribution in [0.1, 0.15) is 51.5 Å². The van der Waals surface area contributed by atoms with E-state index in [-0.39, 0.29) is 18.2 Å². The van der Waals surface area contributed by atoms with E-state index in [1.54, 1.807) is 0 Å². The molecule has 0 unspecified atom stereocenters. The van der Waals surface area contributed by atoms with Crippen LogP contribution in [0.15, 0.2) is 30.3 Å². The first-order valence-electron chi connectivity index (χ1n) is 7.03. The molecule has 1 rings (SSSR count). The third kappa shape index (κ3) is 4.08. The maximum Gasteiger partial charge on any atom is 0.305 e. The van der Waals surface area contributed by atoms with Crippen LogP contribution in [-0.4, -0.2) is 22.5 Å². The van der Waals surface area contributed by atoms with Crippen LogP contribution in [0.3, 0.4) is 0 Å². The highest BCUT2D eigenvalue weighted by Gasteiger charge is 2.32. The molecule has 0 fully saturated rings. The second kappa shape index (κ2) is 7.08. The predicted octanol–water partition coefficient (Wildman–Crippen LogP) is 2.94. The van der Waals surface area contributed by atoms with Gasteiger partial charge in [0.05, 0.1) is 12.3 Å². The molecule has 0 aliphatic rings. The van der Waals surface area contributed by atoms with Crippen molar-refractivity contribution in [3.8, 4) is 0 Å². The predicted molar refractivity (Wildman–Crippen MR) is 78.6 cm³/mol. The molecular weight excluding hydrogens is 254 g/mol. The van der Waals surface area contributed by atoms with Gasteiger partial charge in [0.25, 0.3) is 0 Å². The summed E-state index contributed by atoms with van der Waals surface area (Å²) in [4.78, 5) is 23.4. The van der Waals surface area contributed by atoms with Crippen molar-refractivity contribution in [1.29, 1.82) is 0 Å². The second-order valence-electron chi connectivity index (χ2n) is 5.18. The monoisotopic (exact) mass is 277 g/mol. The molecule has 110 valence electrons. The molecule has 4 heteroatoms. The number of amides is 1. The highest BCUT2D eigenvalue weighted by molar-refractivity contribution is 5.84. The van der Waals surface area contributed by atoms with Crippen LogP contribution in [0, 0.1) is 0 Å². The maximum absolute atomic E-state index is 12.4. The third-order valence-corrected chi connectivity index (χ3v) is 3.92. The van der Waals surface area contributed by atoms with Gasteiger partial charge in [0.15, 0.2) is 0 Å². The fraction of sp³-hybridized carbons (Fsp3) is 0.500. The molecule has 1 aromatic rings. The number of carbonyl (C=O) groups is 2. The summed E-state index contributed by atoms with van der Waals surface area (Å²) in [6.07, 6.45) is 1.15. The summed E-state index contributed by atoms with van der Waals surface area (Å²) in [5.41, 5.74) is 0.271. The SMILES string of the molecule is CCC(CC)(CC(=O)O)NC(=O)[C@@H](C)c1ccccc1. The number of rotatable bonds is 7. The largest absolute Gasteiger partial charge is 0.481 e. The van der Waals surface area contributed by atoms with Crippen LogP contribution in [0.25, 0.3) is 0 Å². The normalized spacial score (nSPS) is 12.8. The van der Waals surface area contributed by atoms with E-state index in [9.17, 15) is 9.59 Å². The fourth-order valence-corrected chi connectivity index (χ4v) is 2.27. The van der Waals surface area contributed by atoms with Crippen LogP contribution in [0.2, 0.25) is 0 Å². The Balaban J connectivity index is 2.83. The van der Waals surface area contributed by atoms with Gasteiger partial charge in [-0.1, -0.05) is 44.2 Å². The third-order valence-electron chi connectivity index (χ3n) is 3.92. The van der Waals surface area contributed by atoms with E-state index in [0.717, 1.165) is 5.56 Å². The van der Waals surface area contributed by atoms with E-state index < -0.39 is 11.5 Å². The number of carboxylic acid groups (broad SMARTS) is 1. The van der Waals surface area contributed by atoms with Gasteiger partial charge in [-0.3, -0.25) is 9.59 Å². The van der Waals surface area contributed by atoms with E-state index in [1.165, 1.54) is 0 Å². The van der Waals surface area contributed by atoms with Crippen LogP contribution in [-0.2, 0) is 9.59 Å². The van der Waals surface area contributed by atoms with Crippen molar-refractivity contribution >= 4 is 11.9 Å². The molecule has 0 saturated heterocycles. The summed E-state index contributed by atoms with van der Waals surface area (Å²) in [7, 11) is 0. The van der Waals surface area contributed by atoms with E-state index in [0.29, 0.717) is 12.8 Å². The molecule has 0 heterocycles. The van der Waals surface area contributed by atoms with Crippen LogP contribution in [0.4, 0.5) is 0 Å². The number of aliphatic carboxylic acids is 1. The molecule has 4 nitrogen and oxygen atoms in total. The van der Waals surface area contributed by atoms with Crippen molar-refractivity contribution in [2.45, 2.75) is 51.5 Å². The van der Waals surface area contributed by atoms with Gasteiger partial charge in [-0.2, -0.15) is 0 Å². The standard InChI is InChI=1S/C16H23NO3/c1-4-16(5-2,11-14(18)19)17-15(20)12(3)13-9-7-6-8-10-13/h6-10,12H,4-5,11H2,1-3H3,(H,17,20)(H,18,19)/t12-/m0/s1. The fourth-order valence-electron chi connectivity index (χ4n) is 2.27. The quantitative estimate of drug-likeness (QED) is 0.805. The van der Waals surface area contributed by atoms with E-state index in [2.05, 4.69) is 5.32 Å². The summed E-state index contributed by atoms with van der Waals surface area (Å²) >= 11 is 0. The van der Waals surface area contributed by atoms with Gasteiger partial charge < -0.3 is 10.4 Å². The smallest absolute Gasteiger partial charge is 0.305 e. The van der Waals surface area contributed by atoms with E-state index >= 15 is 0 Å². The van der Waals surface area contributed by atoms with Gasteiger partial charge in [-0.25, -0.2) is 0 Å². The molecule has 2 N–H and O–H groups in total. The Labute approximate surface area is 120 Å². The van der Waals surface area contributed by atoms with Gasteiger partial charge in [0, 0.05) is 5.54 Å². The molecule has 0 aliphatic heterocycles. The Kier molecular flexibility index (Phi) is 5.74. The Morgan fingerprint density at radius 3 is 2.20 bits per heavy atom. The van der Waals surface area contributed by atoms with Crippen molar-refractivity contribution in [3.63, 3.8) is 0 Å². The Bertz CT molecular complexity index is 452. The van der Waals surface area contributed by atoms with Crippen molar-refractivity contribution in [1.82, 2.24) is 5.32 Å². The van der Waals surface area contributed by atoms with Crippen LogP contribution >= 0.6 is 0 Å². The number of hydrogen-bond acceptors (Lipinski definition) is 2. The zero-order valence-corrected chi connectivity index (χ0v) is 12.3. The van der Waals surface area contributed by atoms with Crippen LogP contribution in [0.5, 0.6) is 0 Å². The minimum atomic E-state index is -0.888. The van der Waals surface area contributed by atoms with E-state index in [1.807, 2.05) is 51.1 Å². The molecule has 0 saturated carbocycles. The maximum atomic E-state index is 12.4. The lowest BCUT2D eigenvalue weighted by molar-refractivity contribution is -0.139. The van der Waals surface area contributed by atoms with Gasteiger partial charge in [-0.15, -0.1) is 0 Å². The topological polar surface area (TPSA) is 66.4 Å². The Hall–Kier alpha value is -1.84. The van der Waals surface area contributed by atoms with E-state index in [4.69, 9.17) is 5.11 Å². The summed E-state index contributed by atoms with van der Waals surface area (Å²) in [5, 5.41) is 12.0. The van der Waals surface area contributed by atoms with Crippen molar-refractivity contribution in [3.05, 3.63) is 35.9 Å². The highest BCUT2D eigenvalue weighted by atomic mass is 16.4. The molecule has 20 heavy (non-hydrogen) atoms. The lowest BCUT2D eigenvalue weighted by Gasteiger charge is -2.32. The minimum absolute atomic E-state index is 0.0484. The number of carboxylic acids is 1. The Morgan fingerprint density at radius 1 is 1.20 bits per heavy atom. The zero-order chi connectivity index (χ0) is 15.2. The zero-order valence-electron chi connectivity index (χ0n) is 12.3. The average Bonchev–Trinajstić information content (AvgIpc) is 2.46. The molecule has 1 atom stereocenters. The molecule has 0 radical (unpaired) electrons. The minimum Gasteiger partial charge on any atom is -0.481 e. The average molecular weight is 277 g/mol. The molecule has 0 bridgehead atoms. The van der Waals surface area contributed by atoms with Gasteiger partial charge in [0.1, 0.15) is 0 Å². The molecule has 1 amide bonds. The number of hydrogen-bond donors (Lipinski definition) is 2. The first kappa shape index (κ1) is 16.2. The van der Waals surface area contributed by atoms with Crippen molar-refractivity contribution in [2.24, 2.45) is 0 Å². The highest BCUT2D eigenvalue weighted by Crippen LogP contribution is 2.23. The Morgan fingerprint density at radius 2 is 1.75 bits per heavy atom. The van der Waals surface area contributed by atoms with Gasteiger partial charge >= 0.3 is 5.97 Å². The lowest BCUT2D eigenvalue weighted by atomic mass is 9.87. The summed E-state index contributed by atoms with van der Waals surface area (Å²) in [6.45, 7) is 5.64. The van der Waals surface area contributed by atoms with Crippen molar-refractivity contribution < 1.29 is 14.7 Å². The molecule has 1 aromatic carbocycles. The first-order chi connectivity index (χ1) is 9.44. The summed E-state index contributed by atoms with van der Waals surface area (Å²) < 4.78 is 0. The first-order valence-corrected chi connectivity index (χ1v) is 7.03. The molecule has 0 spiro atoms. The molecule has 0 aliphatic carbocycles. The van der Waals surface area contributed by atoms with Gasteiger partial charge in [0.2, 0.25) is 5.91 Å². The number of carbonyl (C=O) groups excluding carboxylic acids is 1. The lowest BCUT2D eigenvalue weighted by Crippen LogP contribution is -2.50. The number of benzene rings is 1. The summed E-state index contributed by atoms with van der Waals surface area (Å²) in [6, 6.07) is 9.50. The summed E-state index contributed by atoms with van der Waals surface area (Å²) in [5.74, 6) is -1.30. The molecular formula is C16H23NO3. The number of nitrogens with one attached hydrogen (secondary N) is 1. The molecule has 0 aromatic heterocycles. The van der Waals surface area contributed by atoms with Crippen molar-refractivity contribution in [2.75, 3.05) is 0 Å². The second-order valence-corrected chi connectivity index (χ2v) is 5.18.